The van der Waals surface area contributed by atoms with E-state index in [4.69, 9.17) is 0 Å². The van der Waals surface area contributed by atoms with Crippen molar-refractivity contribution in [3.63, 3.8) is 0 Å². The van der Waals surface area contributed by atoms with Crippen molar-refractivity contribution in [2.45, 2.75) is 38.5 Å². The summed E-state index contributed by atoms with van der Waals surface area (Å²) in [6.45, 7) is 6.52. The maximum atomic E-state index is 11.6. The number of aryl methyl sites for hydroxylation is 2. The Labute approximate surface area is 136 Å². The summed E-state index contributed by atoms with van der Waals surface area (Å²) in [5.74, 6) is 0. The summed E-state index contributed by atoms with van der Waals surface area (Å²) in [7, 11) is -1.40. The molecule has 0 aliphatic carbocycles. The standard InChI is InChI=1S/C15H21N5O2S/c1-10-13(11(2)19(3)18-10)9-20-6-5-14-12(8-20)7-16-15(17-14)23(4,21)22/h7H,5-6,8-9H2,1-4H3. The molecule has 0 aromatic carbocycles. The molecule has 2 aromatic rings. The average Bonchev–Trinajstić information content (AvgIpc) is 2.72. The Balaban J connectivity index is 1.81. The fraction of sp³-hybridized carbons (Fsp3) is 0.533. The molecule has 7 nitrogen and oxygen atoms in total. The average molecular weight is 335 g/mol. The maximum absolute atomic E-state index is 11.6. The van der Waals surface area contributed by atoms with Crippen molar-refractivity contribution in [3.8, 4) is 0 Å². The summed E-state index contributed by atoms with van der Waals surface area (Å²) in [5.41, 5.74) is 5.33. The van der Waals surface area contributed by atoms with Crippen molar-refractivity contribution in [2.75, 3.05) is 12.8 Å². The van der Waals surface area contributed by atoms with Crippen molar-refractivity contribution in [3.05, 3.63) is 34.4 Å². The fourth-order valence-electron chi connectivity index (χ4n) is 2.94. The number of aromatic nitrogens is 4. The van der Waals surface area contributed by atoms with Crippen LogP contribution in [-0.4, -0.2) is 45.9 Å². The first kappa shape index (κ1) is 16.1. The summed E-state index contributed by atoms with van der Waals surface area (Å²) in [4.78, 5) is 10.5. The molecule has 0 bridgehead atoms. The van der Waals surface area contributed by atoms with Crippen LogP contribution >= 0.6 is 0 Å². The zero-order valence-corrected chi connectivity index (χ0v) is 14.7. The van der Waals surface area contributed by atoms with Crippen molar-refractivity contribution in [2.24, 2.45) is 7.05 Å². The number of sulfone groups is 1. The van der Waals surface area contributed by atoms with Gasteiger partial charge in [-0.1, -0.05) is 0 Å². The van der Waals surface area contributed by atoms with E-state index in [9.17, 15) is 8.42 Å². The van der Waals surface area contributed by atoms with Crippen LogP contribution in [0.15, 0.2) is 11.4 Å². The Hall–Kier alpha value is -1.80. The van der Waals surface area contributed by atoms with Crippen molar-refractivity contribution in [1.29, 1.82) is 0 Å². The highest BCUT2D eigenvalue weighted by atomic mass is 32.2. The second kappa shape index (κ2) is 5.68. The lowest BCUT2D eigenvalue weighted by Gasteiger charge is -2.28. The van der Waals surface area contributed by atoms with Crippen LogP contribution < -0.4 is 0 Å². The molecule has 0 fully saturated rings. The van der Waals surface area contributed by atoms with Crippen molar-refractivity contribution < 1.29 is 8.42 Å². The van der Waals surface area contributed by atoms with Gasteiger partial charge in [-0.05, 0) is 13.8 Å². The lowest BCUT2D eigenvalue weighted by molar-refractivity contribution is 0.241. The van der Waals surface area contributed by atoms with Gasteiger partial charge in [0.05, 0.1) is 11.4 Å². The molecule has 1 aliphatic heterocycles. The lowest BCUT2D eigenvalue weighted by atomic mass is 10.1. The van der Waals surface area contributed by atoms with Gasteiger partial charge in [0.1, 0.15) is 0 Å². The first-order valence-corrected chi connectivity index (χ1v) is 9.41. The maximum Gasteiger partial charge on any atom is 0.246 e. The molecule has 0 amide bonds. The molecule has 8 heteroatoms. The Morgan fingerprint density at radius 1 is 1.30 bits per heavy atom. The fourth-order valence-corrected chi connectivity index (χ4v) is 3.46. The molecule has 2 aromatic heterocycles. The zero-order valence-electron chi connectivity index (χ0n) is 13.9. The van der Waals surface area contributed by atoms with Gasteiger partial charge < -0.3 is 0 Å². The van der Waals surface area contributed by atoms with E-state index >= 15 is 0 Å². The molecule has 0 spiro atoms. The van der Waals surface area contributed by atoms with E-state index in [1.165, 1.54) is 11.3 Å². The minimum atomic E-state index is -3.35. The van der Waals surface area contributed by atoms with Crippen LogP contribution in [0.4, 0.5) is 0 Å². The third-order valence-corrected chi connectivity index (χ3v) is 5.22. The van der Waals surface area contributed by atoms with Crippen LogP contribution in [0.1, 0.15) is 28.2 Å². The molecule has 3 heterocycles. The van der Waals surface area contributed by atoms with E-state index in [0.29, 0.717) is 0 Å². The van der Waals surface area contributed by atoms with Gasteiger partial charge in [0.15, 0.2) is 0 Å². The van der Waals surface area contributed by atoms with Crippen LogP contribution in [0.25, 0.3) is 0 Å². The van der Waals surface area contributed by atoms with E-state index in [0.717, 1.165) is 49.3 Å². The van der Waals surface area contributed by atoms with E-state index in [1.54, 1.807) is 6.20 Å². The number of rotatable bonds is 3. The smallest absolute Gasteiger partial charge is 0.246 e. The lowest BCUT2D eigenvalue weighted by Crippen LogP contribution is -2.31. The van der Waals surface area contributed by atoms with Gasteiger partial charge in [0, 0.05) is 62.4 Å². The minimum Gasteiger partial charge on any atom is -0.294 e. The Morgan fingerprint density at radius 3 is 2.65 bits per heavy atom. The predicted octanol–water partition coefficient (Wildman–Crippen LogP) is 0.789. The Morgan fingerprint density at radius 2 is 2.04 bits per heavy atom. The van der Waals surface area contributed by atoms with Gasteiger partial charge in [-0.2, -0.15) is 5.10 Å². The van der Waals surface area contributed by atoms with Crippen LogP contribution in [0.5, 0.6) is 0 Å². The Bertz CT molecular complexity index is 857. The third kappa shape index (κ3) is 3.13. The van der Waals surface area contributed by atoms with Gasteiger partial charge in [-0.25, -0.2) is 18.4 Å². The predicted molar refractivity (Wildman–Crippen MR) is 85.6 cm³/mol. The van der Waals surface area contributed by atoms with Crippen molar-refractivity contribution in [1.82, 2.24) is 24.6 Å². The van der Waals surface area contributed by atoms with E-state index in [1.807, 2.05) is 18.7 Å². The third-order valence-electron chi connectivity index (χ3n) is 4.36. The van der Waals surface area contributed by atoms with Crippen molar-refractivity contribution >= 4 is 9.84 Å². The monoisotopic (exact) mass is 335 g/mol. The topological polar surface area (TPSA) is 81.0 Å². The van der Waals surface area contributed by atoms with Gasteiger partial charge in [-0.15, -0.1) is 0 Å². The second-order valence-electron chi connectivity index (χ2n) is 6.13. The molecule has 0 saturated carbocycles. The molecule has 0 radical (unpaired) electrons. The molecule has 0 saturated heterocycles. The summed E-state index contributed by atoms with van der Waals surface area (Å²) in [6, 6.07) is 0. The number of fused-ring (bicyclic) bond motifs is 1. The minimum absolute atomic E-state index is 0.0800. The molecule has 0 unspecified atom stereocenters. The van der Waals surface area contributed by atoms with Gasteiger partial charge in [0.2, 0.25) is 15.0 Å². The molecule has 124 valence electrons. The molecule has 0 N–H and O–H groups in total. The quantitative estimate of drug-likeness (QED) is 0.772. The summed E-state index contributed by atoms with van der Waals surface area (Å²) < 4.78 is 25.0. The Kier molecular flexibility index (Phi) is 3.97. The number of hydrogen-bond donors (Lipinski definition) is 0. The van der Waals surface area contributed by atoms with E-state index in [-0.39, 0.29) is 5.16 Å². The van der Waals surface area contributed by atoms with Crippen LogP contribution in [0.3, 0.4) is 0 Å². The van der Waals surface area contributed by atoms with Crippen LogP contribution in [-0.2, 0) is 36.4 Å². The largest absolute Gasteiger partial charge is 0.294 e. The SMILES string of the molecule is Cc1nn(C)c(C)c1CN1CCc2nc(S(C)(=O)=O)ncc2C1. The first-order chi connectivity index (χ1) is 10.8. The summed E-state index contributed by atoms with van der Waals surface area (Å²) in [6.07, 6.45) is 3.52. The van der Waals surface area contributed by atoms with E-state index < -0.39 is 9.84 Å². The van der Waals surface area contributed by atoms with Gasteiger partial charge in [-0.3, -0.25) is 9.58 Å². The number of nitrogens with zero attached hydrogens (tertiary/aromatic N) is 5. The molecular formula is C15H21N5O2S. The van der Waals surface area contributed by atoms with E-state index in [2.05, 4.69) is 26.9 Å². The highest BCUT2D eigenvalue weighted by Crippen LogP contribution is 2.22. The van der Waals surface area contributed by atoms with Gasteiger partial charge >= 0.3 is 0 Å². The second-order valence-corrected chi connectivity index (χ2v) is 8.04. The molecule has 0 atom stereocenters. The van der Waals surface area contributed by atoms with Crippen LogP contribution in [0, 0.1) is 13.8 Å². The number of hydrogen-bond acceptors (Lipinski definition) is 6. The summed E-state index contributed by atoms with van der Waals surface area (Å²) in [5, 5.41) is 4.38. The molecular weight excluding hydrogens is 314 g/mol. The normalized spacial score (nSPS) is 15.7. The first-order valence-electron chi connectivity index (χ1n) is 7.52. The zero-order chi connectivity index (χ0) is 16.8. The van der Waals surface area contributed by atoms with Gasteiger partial charge in [0.25, 0.3) is 0 Å². The molecule has 1 aliphatic rings. The van der Waals surface area contributed by atoms with Crippen LogP contribution in [0.2, 0.25) is 0 Å². The molecule has 3 rings (SSSR count). The highest BCUT2D eigenvalue weighted by Gasteiger charge is 2.22. The molecule has 23 heavy (non-hydrogen) atoms. The highest BCUT2D eigenvalue weighted by molar-refractivity contribution is 7.90. The summed E-state index contributed by atoms with van der Waals surface area (Å²) >= 11 is 0.